The third-order valence-electron chi connectivity index (χ3n) is 16.9. The Labute approximate surface area is 518 Å². The number of ketones is 1. The first-order valence-electron chi connectivity index (χ1n) is 29.8. The van der Waals surface area contributed by atoms with Crippen LogP contribution in [0.15, 0.2) is 70.5 Å². The molecule has 2 heterocycles. The summed E-state index contributed by atoms with van der Waals surface area (Å²) in [5.74, 6) is 1.39. The molecule has 0 unspecified atom stereocenters. The lowest BCUT2D eigenvalue weighted by Gasteiger charge is -2.28. The minimum atomic E-state index is -3.80. The van der Waals surface area contributed by atoms with Gasteiger partial charge in [0.15, 0.2) is 15.5 Å². The van der Waals surface area contributed by atoms with Crippen molar-refractivity contribution in [1.82, 2.24) is 35.0 Å². The molecule has 2 amide bonds. The van der Waals surface area contributed by atoms with Crippen LogP contribution in [0.5, 0.6) is 11.5 Å². The van der Waals surface area contributed by atoms with Crippen molar-refractivity contribution in [2.24, 2.45) is 5.92 Å². The Bertz CT molecular complexity index is 3140. The highest BCUT2D eigenvalue weighted by atomic mass is 35.5. The van der Waals surface area contributed by atoms with Crippen LogP contribution in [0, 0.1) is 37.7 Å². The largest absolute Gasteiger partial charge is 0.484 e. The molecule has 4 aromatic rings. The van der Waals surface area contributed by atoms with Crippen molar-refractivity contribution in [3.8, 4) is 17.6 Å². The number of sulfone groups is 1. The van der Waals surface area contributed by atoms with Crippen molar-refractivity contribution in [2.75, 3.05) is 113 Å². The Hall–Kier alpha value is -5.40. The monoisotopic (exact) mass is 1260 g/mol. The number of amides is 2. The molecule has 0 aromatic heterocycles. The molecule has 2 aliphatic heterocycles. The average molecular weight is 1260 g/mol. The van der Waals surface area contributed by atoms with E-state index in [-0.39, 0.29) is 63.6 Å². The molecule has 19 nitrogen and oxygen atoms in total. The number of rotatable bonds is 31. The normalized spacial score (nSPS) is 20.5. The van der Waals surface area contributed by atoms with Crippen molar-refractivity contribution in [1.29, 1.82) is 5.26 Å². The van der Waals surface area contributed by atoms with Gasteiger partial charge in [0.1, 0.15) is 29.5 Å². The van der Waals surface area contributed by atoms with Gasteiger partial charge < -0.3 is 44.3 Å². The second-order valence-electron chi connectivity index (χ2n) is 23.6. The Morgan fingerprint density at radius 2 is 1.29 bits per heavy atom. The SMILES string of the molecule is [C-]#[N+]c1cc(Cl)cc2c1C[C@H](N(C)C)[C@H]2Oc1ccc(S(=O)(=O)C[C@@H]2CCN(CCOCCNC(=O)NCCCCCC(=O)CCCOCCN3CC[C@@H](NS(=O)(=O)c4ccc(O[C@H]5c6cc(Cl)cc(C#N)c6C[C@@H]5N(C)C)c(C)c4)C3)C2)cc1C. The zero-order valence-electron chi connectivity index (χ0n) is 50.3. The molecule has 4 aromatic carbocycles. The number of ether oxygens (including phenoxy) is 4. The van der Waals surface area contributed by atoms with Crippen molar-refractivity contribution in [3.05, 3.63) is 121 Å². The molecule has 0 bridgehead atoms. The van der Waals surface area contributed by atoms with E-state index in [2.05, 4.69) is 45.9 Å². The number of benzene rings is 4. The second kappa shape index (κ2) is 30.7. The van der Waals surface area contributed by atoms with Crippen LogP contribution < -0.4 is 24.8 Å². The maximum Gasteiger partial charge on any atom is 0.314 e. The molecule has 86 heavy (non-hydrogen) atoms. The number of hydrogen-bond acceptors (Lipinski definition) is 15. The lowest BCUT2D eigenvalue weighted by atomic mass is 10.0. The highest BCUT2D eigenvalue weighted by molar-refractivity contribution is 7.91. The van der Waals surface area contributed by atoms with Gasteiger partial charge in [0.25, 0.3) is 0 Å². The van der Waals surface area contributed by atoms with Gasteiger partial charge in [-0.25, -0.2) is 31.2 Å². The molecular weight excluding hydrogens is 1180 g/mol. The minimum Gasteiger partial charge on any atom is -0.484 e. The lowest BCUT2D eigenvalue weighted by Crippen LogP contribution is -2.38. The van der Waals surface area contributed by atoms with Crippen molar-refractivity contribution < 1.29 is 45.4 Å². The lowest BCUT2D eigenvalue weighted by molar-refractivity contribution is -0.119. The summed E-state index contributed by atoms with van der Waals surface area (Å²) in [5, 5.41) is 16.4. The van der Waals surface area contributed by atoms with E-state index in [1.54, 1.807) is 48.5 Å². The summed E-state index contributed by atoms with van der Waals surface area (Å²) in [6.07, 6.45) is 5.88. The molecule has 0 saturated carbocycles. The van der Waals surface area contributed by atoms with Gasteiger partial charge in [0.2, 0.25) is 10.0 Å². The van der Waals surface area contributed by atoms with E-state index < -0.39 is 19.9 Å². The number of unbranched alkanes of at least 4 members (excludes halogenated alkanes) is 2. The van der Waals surface area contributed by atoms with E-state index in [4.69, 9.17) is 48.7 Å². The molecule has 2 fully saturated rings. The van der Waals surface area contributed by atoms with Gasteiger partial charge in [-0.3, -0.25) is 9.69 Å². The van der Waals surface area contributed by atoms with Gasteiger partial charge >= 0.3 is 6.03 Å². The minimum absolute atomic E-state index is 0.00308. The fraction of sp³-hybridized carbons (Fsp3) is 0.556. The predicted molar refractivity (Wildman–Crippen MR) is 333 cm³/mol. The molecule has 23 heteroatoms. The van der Waals surface area contributed by atoms with Crippen molar-refractivity contribution >= 4 is 60.6 Å². The van der Waals surface area contributed by atoms with Gasteiger partial charge in [0.05, 0.1) is 65.7 Å². The van der Waals surface area contributed by atoms with Gasteiger partial charge in [-0.2, -0.15) is 5.26 Å². The number of likely N-dealkylation sites (N-methyl/N-ethyl adjacent to an activating group) is 2. The van der Waals surface area contributed by atoms with Crippen LogP contribution in [0.1, 0.15) is 103 Å². The van der Waals surface area contributed by atoms with Crippen LogP contribution in [0.25, 0.3) is 4.85 Å². The number of aryl methyl sites for hydroxylation is 2. The maximum absolute atomic E-state index is 13.6. The third kappa shape index (κ3) is 17.7. The predicted octanol–water partition coefficient (Wildman–Crippen LogP) is 8.64. The van der Waals surface area contributed by atoms with E-state index in [1.807, 2.05) is 54.2 Å². The van der Waals surface area contributed by atoms with Crippen molar-refractivity contribution in [2.45, 2.75) is 118 Å². The zero-order valence-corrected chi connectivity index (χ0v) is 53.5. The van der Waals surface area contributed by atoms with Crippen LogP contribution in [-0.4, -0.2) is 179 Å². The summed E-state index contributed by atoms with van der Waals surface area (Å²) in [6, 6.07) is 18.7. The molecule has 466 valence electrons. The summed E-state index contributed by atoms with van der Waals surface area (Å²) >= 11 is 12.8. The summed E-state index contributed by atoms with van der Waals surface area (Å²) in [7, 11) is 0.538. The number of nitrogens with zero attached hydrogens (tertiary/aromatic N) is 6. The van der Waals surface area contributed by atoms with Crippen molar-refractivity contribution in [3.63, 3.8) is 0 Å². The first-order chi connectivity index (χ1) is 41.1. The average Bonchev–Trinajstić information content (AvgIpc) is 1.79. The van der Waals surface area contributed by atoms with E-state index in [1.165, 1.54) is 0 Å². The van der Waals surface area contributed by atoms with Crippen LogP contribution in [0.4, 0.5) is 10.5 Å². The quantitative estimate of drug-likeness (QED) is 0.0318. The van der Waals surface area contributed by atoms with E-state index in [9.17, 15) is 31.7 Å². The Morgan fingerprint density at radius 3 is 1.94 bits per heavy atom. The number of likely N-dealkylation sites (tertiary alicyclic amines) is 2. The Balaban J connectivity index is 0.613. The molecule has 4 aliphatic rings. The van der Waals surface area contributed by atoms with Crippen LogP contribution in [0.3, 0.4) is 0 Å². The van der Waals surface area contributed by atoms with E-state index in [0.717, 1.165) is 66.6 Å². The molecule has 2 saturated heterocycles. The zero-order chi connectivity index (χ0) is 61.7. The maximum atomic E-state index is 13.6. The topological polar surface area (TPSA) is 217 Å². The van der Waals surface area contributed by atoms with Gasteiger partial charge in [-0.05, 0) is 200 Å². The molecule has 3 N–H and O–H groups in total. The molecule has 0 spiro atoms. The smallest absolute Gasteiger partial charge is 0.314 e. The standard InChI is InChI=1S/C63H83Cl2N9O10S2/c1-42-30-50(14-16-59(42)84-62-55-34-47(65)35-56(67-3)53(55)37-58(62)72(6)7)85(77,78)41-44-18-22-73(39-44)24-29-82-27-21-69-63(76)68-20-10-8-9-12-49(75)13-11-26-81-28-25-74-23-19-48(40-74)70-86(79,80)51-15-17-60(43(2)31-51)83-61-54-33-46(64)32-45(38-66)52(54)36-57(61)71(4)5/h14-17,30-35,44,48,57-58,61-62,70H,8-13,18-29,36-37,39-41H2,1-2,4-7H3,(H2,68,69,76)/t44-,48-,57+,58+,61+,62+/m1/s1. The highest BCUT2D eigenvalue weighted by Gasteiger charge is 2.40. The van der Waals surface area contributed by atoms with E-state index in [0.29, 0.717) is 143 Å². The van der Waals surface area contributed by atoms with Crippen LogP contribution >= 0.6 is 23.2 Å². The Morgan fingerprint density at radius 1 is 0.709 bits per heavy atom. The molecular formula is C63H83Cl2N9O10S2. The number of urea groups is 1. The molecule has 6 atom stereocenters. The third-order valence-corrected chi connectivity index (χ3v) is 20.7. The number of fused-ring (bicyclic) bond motifs is 2. The molecule has 0 radical (unpaired) electrons. The first kappa shape index (κ1) is 66.6. The summed E-state index contributed by atoms with van der Waals surface area (Å²) < 4.78 is 81.9. The number of halogens is 2. The van der Waals surface area contributed by atoms with Crippen LogP contribution in [-0.2, 0) is 47.0 Å². The number of nitriles is 1. The fourth-order valence-corrected chi connectivity index (χ4v) is 15.6. The number of nitrogens with one attached hydrogen (secondary N) is 3. The van der Waals surface area contributed by atoms with Crippen LogP contribution in [0.2, 0.25) is 10.0 Å². The Kier molecular flexibility index (Phi) is 23.7. The first-order valence-corrected chi connectivity index (χ1v) is 33.7. The highest BCUT2D eigenvalue weighted by Crippen LogP contribution is 2.45. The summed E-state index contributed by atoms with van der Waals surface area (Å²) in [6.45, 7) is 18.1. The molecule has 2 aliphatic carbocycles. The number of sulfonamides is 1. The van der Waals surface area contributed by atoms with Gasteiger partial charge in [-0.15, -0.1) is 0 Å². The van der Waals surface area contributed by atoms with Gasteiger partial charge in [-0.1, -0.05) is 29.6 Å². The second-order valence-corrected chi connectivity index (χ2v) is 28.3. The number of hydrogen-bond donors (Lipinski definition) is 3. The summed E-state index contributed by atoms with van der Waals surface area (Å²) in [4.78, 5) is 37.5. The van der Waals surface area contributed by atoms with Gasteiger partial charge in [0, 0.05) is 74.8 Å². The van der Waals surface area contributed by atoms with E-state index >= 15 is 0 Å². The number of Topliss-reactive ketones (excluding diaryl/α,β-unsaturated/α-hetero) is 1. The molecule has 8 rings (SSSR count). The number of carbonyl (C=O) groups is 2. The number of carbonyl (C=O) groups excluding carboxylic acids is 2. The summed E-state index contributed by atoms with van der Waals surface area (Å²) in [5.41, 5.74) is 6.06. The fourth-order valence-electron chi connectivity index (χ4n) is 12.1.